The standard InChI is InChI=1S/C3H5NO2/c1-2(4)3(5)6/h4H,1H3,(H,5,6). The molecular weight excluding hydrogens is 82.0 g/mol. The van der Waals surface area contributed by atoms with Crippen LogP contribution in [0.3, 0.4) is 0 Å². The number of hydrogen-bond acceptors (Lipinski definition) is 2. The number of carboxylic acids is 1. The van der Waals surface area contributed by atoms with Crippen LogP contribution in [0.25, 0.3) is 0 Å². The summed E-state index contributed by atoms with van der Waals surface area (Å²) < 4.78 is 0. The van der Waals surface area contributed by atoms with Gasteiger partial charge in [0.05, 0.1) is 0 Å². The van der Waals surface area contributed by atoms with Crippen molar-refractivity contribution in [3.05, 3.63) is 0 Å². The molecule has 0 fully saturated rings. The van der Waals surface area contributed by atoms with Crippen LogP contribution in [0.2, 0.25) is 0 Å². The first-order chi connectivity index (χ1) is 2.64. The monoisotopic (exact) mass is 87.0 g/mol. The quantitative estimate of drug-likeness (QED) is 0.446. The predicted octanol–water partition coefficient (Wildman–Crippen LogP) is 0.111. The average molecular weight is 87.1 g/mol. The lowest BCUT2D eigenvalue weighted by molar-refractivity contribution is -0.129. The van der Waals surface area contributed by atoms with E-state index in [0.717, 1.165) is 0 Å². The van der Waals surface area contributed by atoms with Crippen LogP contribution < -0.4 is 0 Å². The number of carbonyl (C=O) groups is 1. The third kappa shape index (κ3) is 1.46. The molecule has 0 atom stereocenters. The summed E-state index contributed by atoms with van der Waals surface area (Å²) >= 11 is 0. The van der Waals surface area contributed by atoms with Gasteiger partial charge in [0.25, 0.3) is 0 Å². The van der Waals surface area contributed by atoms with Crippen molar-refractivity contribution in [3.63, 3.8) is 0 Å². The lowest BCUT2D eigenvalue weighted by Gasteiger charge is -1.77. The molecule has 0 aliphatic heterocycles. The van der Waals surface area contributed by atoms with E-state index in [1.54, 1.807) is 0 Å². The Balaban J connectivity index is 3.57. The Labute approximate surface area is 35.1 Å². The molecule has 0 saturated carbocycles. The molecule has 3 heteroatoms. The van der Waals surface area contributed by atoms with Crippen molar-refractivity contribution in [2.45, 2.75) is 6.92 Å². The molecule has 3 nitrogen and oxygen atoms in total. The van der Waals surface area contributed by atoms with Gasteiger partial charge in [0.1, 0.15) is 5.71 Å². The number of hydrogen-bond donors (Lipinski definition) is 2. The molecule has 0 unspecified atom stereocenters. The zero-order valence-corrected chi connectivity index (χ0v) is 3.36. The highest BCUT2D eigenvalue weighted by Crippen LogP contribution is 1.63. The van der Waals surface area contributed by atoms with Crippen molar-refractivity contribution in [1.29, 1.82) is 5.41 Å². The van der Waals surface area contributed by atoms with Gasteiger partial charge in [0.2, 0.25) is 0 Å². The molecule has 6 heavy (non-hydrogen) atoms. The highest BCUT2D eigenvalue weighted by atomic mass is 16.4. The number of aliphatic carboxylic acids is 1. The lowest BCUT2D eigenvalue weighted by atomic mass is 10.5. The topological polar surface area (TPSA) is 61.2 Å². The van der Waals surface area contributed by atoms with Gasteiger partial charge in [-0.05, 0) is 6.92 Å². The van der Waals surface area contributed by atoms with E-state index in [1.165, 1.54) is 6.92 Å². The highest BCUT2D eigenvalue weighted by molar-refractivity contribution is 6.33. The fourth-order valence-corrected chi connectivity index (χ4v) is 0. The molecule has 0 spiro atoms. The van der Waals surface area contributed by atoms with Gasteiger partial charge in [0.15, 0.2) is 0 Å². The lowest BCUT2D eigenvalue weighted by Crippen LogP contribution is -2.04. The minimum absolute atomic E-state index is 0.324. The van der Waals surface area contributed by atoms with Crippen molar-refractivity contribution in [1.82, 2.24) is 0 Å². The van der Waals surface area contributed by atoms with Crippen molar-refractivity contribution >= 4 is 11.7 Å². The van der Waals surface area contributed by atoms with Crippen molar-refractivity contribution in [2.75, 3.05) is 0 Å². The normalized spacial score (nSPS) is 7.50. The van der Waals surface area contributed by atoms with Crippen LogP contribution >= 0.6 is 0 Å². The van der Waals surface area contributed by atoms with E-state index in [9.17, 15) is 4.79 Å². The molecule has 0 aliphatic rings. The second-order valence-electron chi connectivity index (χ2n) is 0.930. The van der Waals surface area contributed by atoms with Gasteiger partial charge in [0, 0.05) is 0 Å². The maximum absolute atomic E-state index is 9.47. The summed E-state index contributed by atoms with van der Waals surface area (Å²) in [6, 6.07) is 0. The maximum atomic E-state index is 9.47. The van der Waals surface area contributed by atoms with Crippen LogP contribution in [0.15, 0.2) is 0 Å². The van der Waals surface area contributed by atoms with Crippen LogP contribution in [0, 0.1) is 5.41 Å². The van der Waals surface area contributed by atoms with Crippen LogP contribution in [0.5, 0.6) is 0 Å². The van der Waals surface area contributed by atoms with Gasteiger partial charge in [-0.3, -0.25) is 5.41 Å². The molecule has 0 amide bonds. The summed E-state index contributed by atoms with van der Waals surface area (Å²) in [5.41, 5.74) is -0.324. The van der Waals surface area contributed by atoms with Crippen LogP contribution in [0.1, 0.15) is 6.92 Å². The third-order valence-electron chi connectivity index (χ3n) is 0.321. The molecule has 0 aromatic carbocycles. The van der Waals surface area contributed by atoms with Crippen LogP contribution in [0.4, 0.5) is 0 Å². The first kappa shape index (κ1) is 5.14. The van der Waals surface area contributed by atoms with Crippen molar-refractivity contribution in [2.24, 2.45) is 0 Å². The van der Waals surface area contributed by atoms with Gasteiger partial charge < -0.3 is 5.11 Å². The third-order valence-corrected chi connectivity index (χ3v) is 0.321. The first-order valence-corrected chi connectivity index (χ1v) is 1.43. The van der Waals surface area contributed by atoms with Crippen molar-refractivity contribution < 1.29 is 9.90 Å². The van der Waals surface area contributed by atoms with Crippen LogP contribution in [-0.4, -0.2) is 16.8 Å². The molecular formula is C3H5NO2. The van der Waals surface area contributed by atoms with E-state index in [1.807, 2.05) is 0 Å². The molecule has 0 heterocycles. The smallest absolute Gasteiger partial charge is 0.349 e. The second-order valence-corrected chi connectivity index (χ2v) is 0.930. The predicted molar refractivity (Wildman–Crippen MR) is 21.0 cm³/mol. The van der Waals surface area contributed by atoms with E-state index in [-0.39, 0.29) is 5.71 Å². The fourth-order valence-electron chi connectivity index (χ4n) is 0. The fraction of sp³-hybridized carbons (Fsp3) is 0.333. The molecule has 0 aromatic rings. The number of nitrogens with one attached hydrogen (secondary N) is 1. The van der Waals surface area contributed by atoms with E-state index in [0.29, 0.717) is 0 Å². The average Bonchev–Trinajstić information content (AvgIpc) is 1.36. The minimum Gasteiger partial charge on any atom is -0.477 e. The zero-order chi connectivity index (χ0) is 5.15. The summed E-state index contributed by atoms with van der Waals surface area (Å²) in [4.78, 5) is 9.47. The van der Waals surface area contributed by atoms with Gasteiger partial charge >= 0.3 is 5.97 Å². The van der Waals surface area contributed by atoms with Crippen LogP contribution in [-0.2, 0) is 4.79 Å². The molecule has 0 aromatic heterocycles. The highest BCUT2D eigenvalue weighted by Gasteiger charge is 1.93. The van der Waals surface area contributed by atoms with E-state index in [2.05, 4.69) is 0 Å². The summed E-state index contributed by atoms with van der Waals surface area (Å²) in [7, 11) is 0. The molecule has 0 rings (SSSR count). The largest absolute Gasteiger partial charge is 0.477 e. The summed E-state index contributed by atoms with van der Waals surface area (Å²) in [5.74, 6) is -1.16. The Morgan fingerprint density at radius 3 is 2.00 bits per heavy atom. The number of carboxylic acid groups (broad SMARTS) is 1. The first-order valence-electron chi connectivity index (χ1n) is 1.43. The van der Waals surface area contributed by atoms with Crippen molar-refractivity contribution in [3.8, 4) is 0 Å². The number of rotatable bonds is 1. The molecule has 34 valence electrons. The molecule has 2 N–H and O–H groups in total. The Morgan fingerprint density at radius 1 is 1.83 bits per heavy atom. The Hall–Kier alpha value is -0.860. The maximum Gasteiger partial charge on any atom is 0.349 e. The molecule has 0 saturated heterocycles. The van der Waals surface area contributed by atoms with Gasteiger partial charge in [-0.15, -0.1) is 0 Å². The van der Waals surface area contributed by atoms with E-state index >= 15 is 0 Å². The zero-order valence-electron chi connectivity index (χ0n) is 3.36. The summed E-state index contributed by atoms with van der Waals surface area (Å²) in [5, 5.41) is 14.1. The minimum atomic E-state index is -1.16. The Morgan fingerprint density at radius 2 is 2.00 bits per heavy atom. The van der Waals surface area contributed by atoms with Gasteiger partial charge in [-0.1, -0.05) is 0 Å². The van der Waals surface area contributed by atoms with E-state index < -0.39 is 5.97 Å². The molecule has 0 bridgehead atoms. The Kier molecular flexibility index (Phi) is 1.32. The SMILES string of the molecule is CC(=N)C(=O)O. The van der Waals surface area contributed by atoms with E-state index in [4.69, 9.17) is 10.5 Å². The summed E-state index contributed by atoms with van der Waals surface area (Å²) in [6.45, 7) is 1.22. The molecule has 0 aliphatic carbocycles. The molecule has 0 radical (unpaired) electrons. The van der Waals surface area contributed by atoms with Gasteiger partial charge in [-0.25, -0.2) is 4.79 Å². The Bertz CT molecular complexity index is 74.8. The second kappa shape index (κ2) is 1.55. The van der Waals surface area contributed by atoms with Gasteiger partial charge in [-0.2, -0.15) is 0 Å². The summed E-state index contributed by atoms with van der Waals surface area (Å²) in [6.07, 6.45) is 0.